The van der Waals surface area contributed by atoms with Crippen LogP contribution in [0.5, 0.6) is 0 Å². The van der Waals surface area contributed by atoms with E-state index < -0.39 is 33.8 Å². The molecule has 2 aliphatic heterocycles. The van der Waals surface area contributed by atoms with E-state index in [4.69, 9.17) is 4.74 Å². The second-order valence-electron chi connectivity index (χ2n) is 6.16. The molecule has 2 heterocycles. The van der Waals surface area contributed by atoms with E-state index in [1.165, 1.54) is 27.4 Å². The average molecular weight is 386 g/mol. The number of amides is 2. The van der Waals surface area contributed by atoms with Gasteiger partial charge in [0.25, 0.3) is 0 Å². The van der Waals surface area contributed by atoms with E-state index in [-0.39, 0.29) is 48.9 Å². The highest BCUT2D eigenvalue weighted by Crippen LogP contribution is 2.30. The molecule has 1 aromatic rings. The van der Waals surface area contributed by atoms with Gasteiger partial charge in [-0.25, -0.2) is 17.6 Å². The predicted molar refractivity (Wildman–Crippen MR) is 90.8 cm³/mol. The lowest BCUT2D eigenvalue weighted by Gasteiger charge is -2.19. The van der Waals surface area contributed by atoms with E-state index in [9.17, 15) is 27.6 Å². The van der Waals surface area contributed by atoms with Crippen LogP contribution in [0.15, 0.2) is 18.2 Å². The maximum Gasteiger partial charge on any atom is 0.414 e. The van der Waals surface area contributed by atoms with Gasteiger partial charge in [-0.1, -0.05) is 0 Å². The van der Waals surface area contributed by atoms with E-state index in [0.29, 0.717) is 0 Å². The number of nitrogens with one attached hydrogen (secondary N) is 1. The molecule has 1 unspecified atom stereocenters. The van der Waals surface area contributed by atoms with Gasteiger partial charge in [-0.05, 0) is 24.6 Å². The Balaban J connectivity index is 1.69. The van der Waals surface area contributed by atoms with Gasteiger partial charge >= 0.3 is 6.09 Å². The van der Waals surface area contributed by atoms with Crippen LogP contribution in [0.4, 0.5) is 20.6 Å². The highest BCUT2D eigenvalue weighted by Gasteiger charge is 2.33. The molecule has 1 aromatic carbocycles. The molecule has 0 aliphatic carbocycles. The third kappa shape index (κ3) is 3.88. The van der Waals surface area contributed by atoms with Gasteiger partial charge in [-0.15, -0.1) is 0 Å². The molecular formula is C15H17FN3O6S-. The number of hydrogen-bond donors (Lipinski definition) is 1. The standard InChI is InChI=1S/C15H17FN3O6S/c16-12-7-10(1-3-13(12)18-5-6-26(23,24)9-18)19-8-11(25-15(19)21)2-4-14(20)17-22/h1,3,7,11H,2,4-6,8-9H2,(H-,17,20,22)/q-1. The van der Waals surface area contributed by atoms with Crippen LogP contribution in [0.2, 0.25) is 0 Å². The summed E-state index contributed by atoms with van der Waals surface area (Å²) in [6, 6.07) is 4.09. The minimum Gasteiger partial charge on any atom is -0.759 e. The first-order valence-electron chi connectivity index (χ1n) is 7.93. The molecule has 0 bridgehead atoms. The van der Waals surface area contributed by atoms with Crippen LogP contribution < -0.4 is 15.3 Å². The molecule has 1 N–H and O–H groups in total. The zero-order valence-electron chi connectivity index (χ0n) is 13.7. The largest absolute Gasteiger partial charge is 0.759 e. The summed E-state index contributed by atoms with van der Waals surface area (Å²) >= 11 is 0. The number of carbonyl (C=O) groups excluding carboxylic acids is 2. The number of hydroxylamine groups is 1. The zero-order chi connectivity index (χ0) is 18.9. The fourth-order valence-electron chi connectivity index (χ4n) is 2.95. The predicted octanol–water partition coefficient (Wildman–Crippen LogP) is 0.737. The first-order valence-corrected chi connectivity index (χ1v) is 9.75. The number of rotatable bonds is 5. The normalized spacial score (nSPS) is 21.8. The molecule has 0 spiro atoms. The number of benzene rings is 1. The van der Waals surface area contributed by atoms with Crippen molar-refractivity contribution in [3.05, 3.63) is 29.2 Å². The summed E-state index contributed by atoms with van der Waals surface area (Å²) < 4.78 is 42.6. The molecule has 26 heavy (non-hydrogen) atoms. The Morgan fingerprint density at radius 3 is 2.81 bits per heavy atom. The van der Waals surface area contributed by atoms with E-state index in [2.05, 4.69) is 0 Å². The fraction of sp³-hybridized carbons (Fsp3) is 0.467. The van der Waals surface area contributed by atoms with Gasteiger partial charge in [0.15, 0.2) is 9.84 Å². The third-order valence-electron chi connectivity index (χ3n) is 4.29. The Morgan fingerprint density at radius 1 is 1.42 bits per heavy atom. The van der Waals surface area contributed by atoms with Crippen LogP contribution in [-0.2, 0) is 19.4 Å². The van der Waals surface area contributed by atoms with Crippen LogP contribution in [0.25, 0.3) is 0 Å². The van der Waals surface area contributed by atoms with Gasteiger partial charge in [-0.2, -0.15) is 0 Å². The topological polar surface area (TPSA) is 119 Å². The van der Waals surface area contributed by atoms with E-state index in [0.717, 1.165) is 6.07 Å². The number of nitrogens with zero attached hydrogens (tertiary/aromatic N) is 2. The van der Waals surface area contributed by atoms with Crippen molar-refractivity contribution in [1.29, 1.82) is 0 Å². The Morgan fingerprint density at radius 2 is 2.19 bits per heavy atom. The SMILES string of the molecule is O=C(CCC1CN(c2ccc(N3CCS(=O)(=O)C3)c(F)c2)C(=O)O1)N[O-]. The number of sulfone groups is 1. The molecular weight excluding hydrogens is 369 g/mol. The molecule has 9 nitrogen and oxygen atoms in total. The minimum atomic E-state index is -3.20. The molecule has 11 heteroatoms. The van der Waals surface area contributed by atoms with Crippen molar-refractivity contribution in [1.82, 2.24) is 5.48 Å². The number of cyclic esters (lactones) is 1. The quantitative estimate of drug-likeness (QED) is 0.741. The number of halogens is 1. The summed E-state index contributed by atoms with van der Waals surface area (Å²) in [6.45, 7) is 0.343. The average Bonchev–Trinajstić information content (AvgIpc) is 3.14. The van der Waals surface area contributed by atoms with E-state index in [1.807, 2.05) is 0 Å². The molecule has 2 fully saturated rings. The second-order valence-corrected chi connectivity index (χ2v) is 8.31. The van der Waals surface area contributed by atoms with Gasteiger partial charge in [0.2, 0.25) is 5.91 Å². The number of ether oxygens (including phenoxy) is 1. The summed E-state index contributed by atoms with van der Waals surface area (Å²) in [7, 11) is -3.20. The molecule has 0 saturated carbocycles. The lowest BCUT2D eigenvalue weighted by Crippen LogP contribution is -2.26. The lowest BCUT2D eigenvalue weighted by atomic mass is 10.2. The lowest BCUT2D eigenvalue weighted by molar-refractivity contribution is -0.120. The van der Waals surface area contributed by atoms with Crippen LogP contribution in [0.3, 0.4) is 0 Å². The Kier molecular flexibility index (Phi) is 5.01. The minimum absolute atomic E-state index is 0.0226. The summed E-state index contributed by atoms with van der Waals surface area (Å²) in [6.07, 6.45) is -1.14. The van der Waals surface area contributed by atoms with Crippen LogP contribution >= 0.6 is 0 Å². The molecule has 142 valence electrons. The highest BCUT2D eigenvalue weighted by atomic mass is 32.2. The van der Waals surface area contributed by atoms with Gasteiger partial charge in [-0.3, -0.25) is 9.69 Å². The van der Waals surface area contributed by atoms with Crippen molar-refractivity contribution >= 4 is 33.2 Å². The summed E-state index contributed by atoms with van der Waals surface area (Å²) in [5, 5.41) is 10.2. The highest BCUT2D eigenvalue weighted by molar-refractivity contribution is 7.91. The number of hydrogen-bond acceptors (Lipinski definition) is 7. The maximum absolute atomic E-state index is 14.4. The van der Waals surface area contributed by atoms with E-state index >= 15 is 0 Å². The zero-order valence-corrected chi connectivity index (χ0v) is 14.5. The summed E-state index contributed by atoms with van der Waals surface area (Å²) in [5.74, 6) is -1.60. The Bertz CT molecular complexity index is 831. The van der Waals surface area contributed by atoms with E-state index in [1.54, 1.807) is 0 Å². The third-order valence-corrected chi connectivity index (χ3v) is 5.80. The van der Waals surface area contributed by atoms with Crippen LogP contribution in [0.1, 0.15) is 12.8 Å². The van der Waals surface area contributed by atoms with Crippen molar-refractivity contribution in [2.75, 3.05) is 34.5 Å². The van der Waals surface area contributed by atoms with Gasteiger partial charge in [0.1, 0.15) is 17.8 Å². The Labute approximate surface area is 149 Å². The first kappa shape index (κ1) is 18.4. The Hall–Kier alpha value is -2.40. The van der Waals surface area contributed by atoms with Crippen molar-refractivity contribution in [3.63, 3.8) is 0 Å². The fourth-order valence-corrected chi connectivity index (χ4v) is 4.32. The van der Waals surface area contributed by atoms with Crippen LogP contribution in [0, 0.1) is 11.0 Å². The summed E-state index contributed by atoms with van der Waals surface area (Å²) in [5.41, 5.74) is 1.68. The van der Waals surface area contributed by atoms with Gasteiger partial charge in [0.05, 0.1) is 23.7 Å². The molecule has 2 amide bonds. The van der Waals surface area contributed by atoms with Gasteiger partial charge in [0, 0.05) is 13.0 Å². The molecule has 0 aromatic heterocycles. The van der Waals surface area contributed by atoms with Crippen molar-refractivity contribution in [3.8, 4) is 0 Å². The molecule has 1 atom stereocenters. The monoisotopic (exact) mass is 386 g/mol. The molecule has 2 aliphatic rings. The smallest absolute Gasteiger partial charge is 0.414 e. The van der Waals surface area contributed by atoms with Gasteiger partial charge < -0.3 is 20.3 Å². The van der Waals surface area contributed by atoms with Crippen molar-refractivity contribution in [2.45, 2.75) is 18.9 Å². The summed E-state index contributed by atoms with van der Waals surface area (Å²) in [4.78, 5) is 25.6. The van der Waals surface area contributed by atoms with Crippen LogP contribution in [-0.4, -0.2) is 51.2 Å². The first-order chi connectivity index (χ1) is 12.3. The second kappa shape index (κ2) is 7.08. The molecule has 0 radical (unpaired) electrons. The van der Waals surface area contributed by atoms with Crippen molar-refractivity contribution in [2.24, 2.45) is 0 Å². The maximum atomic E-state index is 14.4. The molecule has 3 rings (SSSR count). The number of anilines is 2. The number of carbonyl (C=O) groups is 2. The molecule has 2 saturated heterocycles. The van der Waals surface area contributed by atoms with Crippen molar-refractivity contribution < 1.29 is 27.1 Å².